The topological polar surface area (TPSA) is 69.6 Å². The number of nitrogens with zero attached hydrogens (tertiary/aromatic N) is 5. The Bertz CT molecular complexity index is 352. The Morgan fingerprint density at radius 3 is 3.08 bits per heavy atom. The molecule has 0 radical (unpaired) electrons. The fraction of sp³-hybridized carbons (Fsp3) is 0.333. The summed E-state index contributed by atoms with van der Waals surface area (Å²) in [5.74, 6) is 0.762. The Morgan fingerprint density at radius 2 is 2.50 bits per heavy atom. The van der Waals surface area contributed by atoms with Crippen LogP contribution in [0.25, 0.3) is 0 Å². The van der Waals surface area contributed by atoms with Gasteiger partial charge >= 0.3 is 0 Å². The molecular formula is C6H7N5O. The highest BCUT2D eigenvalue weighted by Crippen LogP contribution is 1.98. The molecule has 0 N–H and O–H groups in total. The van der Waals surface area contributed by atoms with Gasteiger partial charge in [0, 0.05) is 6.07 Å². The van der Waals surface area contributed by atoms with Gasteiger partial charge in [-0.1, -0.05) is 5.16 Å². The molecule has 0 saturated carbocycles. The molecule has 6 heteroatoms. The maximum Gasteiger partial charge on any atom is 0.148 e. The van der Waals surface area contributed by atoms with Gasteiger partial charge in [0.15, 0.2) is 0 Å². The van der Waals surface area contributed by atoms with Gasteiger partial charge in [0.2, 0.25) is 0 Å². The second kappa shape index (κ2) is 2.72. The highest BCUT2D eigenvalue weighted by molar-refractivity contribution is 4.96. The molecule has 0 bridgehead atoms. The molecule has 0 fully saturated rings. The van der Waals surface area contributed by atoms with Crippen LogP contribution in [0.2, 0.25) is 0 Å². The molecule has 6 nitrogen and oxygen atoms in total. The average Bonchev–Trinajstić information content (AvgIpc) is 2.65. The van der Waals surface area contributed by atoms with E-state index in [4.69, 9.17) is 0 Å². The lowest BCUT2D eigenvalue weighted by Crippen LogP contribution is -2.04. The zero-order chi connectivity index (χ0) is 8.39. The third-order valence-corrected chi connectivity index (χ3v) is 1.51. The monoisotopic (exact) mass is 165 g/mol. The minimum absolute atomic E-state index is 0.551. The molecule has 2 heterocycles. The van der Waals surface area contributed by atoms with E-state index >= 15 is 0 Å². The first-order valence-corrected chi connectivity index (χ1v) is 3.48. The molecule has 0 aromatic carbocycles. The van der Waals surface area contributed by atoms with Crippen molar-refractivity contribution in [2.75, 3.05) is 0 Å². The van der Waals surface area contributed by atoms with E-state index in [1.54, 1.807) is 10.7 Å². The number of tetrazole rings is 1. The fourth-order valence-corrected chi connectivity index (χ4v) is 0.868. The molecule has 0 unspecified atom stereocenters. The quantitative estimate of drug-likeness (QED) is 0.627. The minimum Gasteiger partial charge on any atom is -0.364 e. The lowest BCUT2D eigenvalue weighted by molar-refractivity contribution is 0.407. The van der Waals surface area contributed by atoms with Crippen LogP contribution in [-0.2, 0) is 6.54 Å². The van der Waals surface area contributed by atoms with E-state index in [0.717, 1.165) is 11.5 Å². The Hall–Kier alpha value is -1.72. The number of rotatable bonds is 2. The van der Waals surface area contributed by atoms with Crippen LogP contribution in [-0.4, -0.2) is 25.4 Å². The predicted octanol–water partition coefficient (Wildman–Crippen LogP) is 0.0178. The molecule has 0 saturated heterocycles. The fourth-order valence-electron chi connectivity index (χ4n) is 0.868. The molecular weight excluding hydrogens is 158 g/mol. The van der Waals surface area contributed by atoms with Gasteiger partial charge in [0.05, 0.1) is 6.54 Å². The number of hydrogen-bond donors (Lipinski definition) is 0. The van der Waals surface area contributed by atoms with Gasteiger partial charge in [-0.25, -0.2) is 4.68 Å². The molecule has 2 aromatic rings. The summed E-state index contributed by atoms with van der Waals surface area (Å²) in [6.45, 7) is 2.38. The molecule has 12 heavy (non-hydrogen) atoms. The summed E-state index contributed by atoms with van der Waals surface area (Å²) in [6, 6.07) is 1.78. The summed E-state index contributed by atoms with van der Waals surface area (Å²) in [5, 5.41) is 14.8. The molecule has 0 aliphatic rings. The van der Waals surface area contributed by atoms with Gasteiger partial charge in [-0.2, -0.15) is 0 Å². The molecule has 2 aromatic heterocycles. The summed E-state index contributed by atoms with van der Waals surface area (Å²) in [5.41, 5.74) is 0.811. The molecule has 0 aliphatic heterocycles. The van der Waals surface area contributed by atoms with E-state index in [9.17, 15) is 0 Å². The van der Waals surface area contributed by atoms with Crippen LogP contribution in [0.5, 0.6) is 0 Å². The number of hydrogen-bond acceptors (Lipinski definition) is 5. The van der Waals surface area contributed by atoms with E-state index < -0.39 is 0 Å². The van der Waals surface area contributed by atoms with Crippen molar-refractivity contribution in [2.24, 2.45) is 0 Å². The molecule has 2 rings (SSSR count). The molecule has 62 valence electrons. The highest BCUT2D eigenvalue weighted by atomic mass is 16.5. The van der Waals surface area contributed by atoms with Crippen molar-refractivity contribution in [3.8, 4) is 0 Å². The second-order valence-electron chi connectivity index (χ2n) is 2.37. The second-order valence-corrected chi connectivity index (χ2v) is 2.37. The Kier molecular flexibility index (Phi) is 1.58. The van der Waals surface area contributed by atoms with Crippen LogP contribution in [0.1, 0.15) is 11.5 Å². The van der Waals surface area contributed by atoms with E-state index in [1.807, 2.05) is 6.92 Å². The van der Waals surface area contributed by atoms with Gasteiger partial charge in [-0.15, -0.1) is 5.10 Å². The van der Waals surface area contributed by atoms with Gasteiger partial charge in [0.25, 0.3) is 0 Å². The Labute approximate surface area is 68.2 Å². The van der Waals surface area contributed by atoms with Crippen molar-refractivity contribution in [1.29, 1.82) is 0 Å². The maximum absolute atomic E-state index is 4.67. The lowest BCUT2D eigenvalue weighted by Gasteiger charge is -1.95. The first-order chi connectivity index (χ1) is 5.86. The van der Waals surface area contributed by atoms with Crippen LogP contribution in [0, 0.1) is 6.92 Å². The highest BCUT2D eigenvalue weighted by Gasteiger charge is 2.02. The first kappa shape index (κ1) is 6.96. The zero-order valence-corrected chi connectivity index (χ0v) is 6.51. The van der Waals surface area contributed by atoms with Crippen molar-refractivity contribution in [1.82, 2.24) is 25.4 Å². The van der Waals surface area contributed by atoms with Gasteiger partial charge in [-0.3, -0.25) is 0 Å². The van der Waals surface area contributed by atoms with Crippen molar-refractivity contribution < 1.29 is 4.52 Å². The summed E-state index contributed by atoms with van der Waals surface area (Å²) in [7, 11) is 0. The Morgan fingerprint density at radius 1 is 1.58 bits per heavy atom. The number of aromatic nitrogens is 5. The van der Waals surface area contributed by atoms with Crippen LogP contribution in [0.4, 0.5) is 0 Å². The van der Waals surface area contributed by atoms with Crippen LogP contribution in [0.3, 0.4) is 0 Å². The van der Waals surface area contributed by atoms with Gasteiger partial charge < -0.3 is 4.52 Å². The summed E-state index contributed by atoms with van der Waals surface area (Å²) in [6.07, 6.45) is 1.52. The maximum atomic E-state index is 4.67. The van der Waals surface area contributed by atoms with Crippen LogP contribution < -0.4 is 0 Å². The van der Waals surface area contributed by atoms with Crippen LogP contribution >= 0.6 is 0 Å². The van der Waals surface area contributed by atoms with Crippen molar-refractivity contribution >= 4 is 0 Å². The molecule has 0 aliphatic carbocycles. The van der Waals surface area contributed by atoms with E-state index in [1.165, 1.54) is 6.26 Å². The van der Waals surface area contributed by atoms with Crippen molar-refractivity contribution in [3.05, 3.63) is 23.8 Å². The SMILES string of the molecule is Cc1nnnn1Cc1ccon1. The third-order valence-electron chi connectivity index (χ3n) is 1.51. The third kappa shape index (κ3) is 1.18. The average molecular weight is 165 g/mol. The summed E-state index contributed by atoms with van der Waals surface area (Å²) >= 11 is 0. The van der Waals surface area contributed by atoms with E-state index in [0.29, 0.717) is 6.54 Å². The lowest BCUT2D eigenvalue weighted by atomic mass is 10.4. The normalized spacial score (nSPS) is 10.4. The predicted molar refractivity (Wildman–Crippen MR) is 38.2 cm³/mol. The van der Waals surface area contributed by atoms with E-state index in [2.05, 4.69) is 25.2 Å². The summed E-state index contributed by atoms with van der Waals surface area (Å²) < 4.78 is 6.32. The van der Waals surface area contributed by atoms with Crippen LogP contribution in [0.15, 0.2) is 16.9 Å². The standard InChI is InChI=1S/C6H7N5O/c1-5-7-9-10-11(5)4-6-2-3-12-8-6/h2-3H,4H2,1H3. The first-order valence-electron chi connectivity index (χ1n) is 3.48. The summed E-state index contributed by atoms with van der Waals surface area (Å²) in [4.78, 5) is 0. The zero-order valence-electron chi connectivity index (χ0n) is 6.51. The Balaban J connectivity index is 2.20. The van der Waals surface area contributed by atoms with Gasteiger partial charge in [0.1, 0.15) is 17.8 Å². The number of aryl methyl sites for hydroxylation is 1. The molecule has 0 atom stereocenters. The van der Waals surface area contributed by atoms with Crippen molar-refractivity contribution in [3.63, 3.8) is 0 Å². The van der Waals surface area contributed by atoms with Gasteiger partial charge in [-0.05, 0) is 17.4 Å². The smallest absolute Gasteiger partial charge is 0.148 e. The minimum atomic E-state index is 0.551. The van der Waals surface area contributed by atoms with Crippen molar-refractivity contribution in [2.45, 2.75) is 13.5 Å². The van der Waals surface area contributed by atoms with E-state index in [-0.39, 0.29) is 0 Å². The molecule has 0 amide bonds. The largest absolute Gasteiger partial charge is 0.364 e. The molecule has 0 spiro atoms.